The lowest BCUT2D eigenvalue weighted by Crippen LogP contribution is -2.40. The molecule has 0 bridgehead atoms. The molecule has 166 valence electrons. The van der Waals surface area contributed by atoms with Crippen molar-refractivity contribution in [3.05, 3.63) is 96.1 Å². The van der Waals surface area contributed by atoms with Gasteiger partial charge in [-0.1, -0.05) is 91.3 Å². The lowest BCUT2D eigenvalue weighted by Gasteiger charge is -2.13. The Labute approximate surface area is 191 Å². The molecule has 3 aromatic rings. The van der Waals surface area contributed by atoms with Crippen molar-refractivity contribution in [1.82, 2.24) is 10.6 Å². The molecule has 4 nitrogen and oxygen atoms in total. The van der Waals surface area contributed by atoms with Crippen LogP contribution in [0.5, 0.6) is 0 Å². The second-order valence-corrected chi connectivity index (χ2v) is 8.70. The third-order valence-corrected chi connectivity index (χ3v) is 6.23. The van der Waals surface area contributed by atoms with Crippen LogP contribution < -0.4 is 16.4 Å². The Hall–Kier alpha value is -2.95. The Balaban J connectivity index is 1.09. The average molecular weight is 428 g/mol. The number of rotatable bonds is 11. The van der Waals surface area contributed by atoms with Gasteiger partial charge in [0.15, 0.2) is 0 Å². The maximum atomic E-state index is 12.3. The van der Waals surface area contributed by atoms with Crippen molar-refractivity contribution in [3.63, 3.8) is 0 Å². The molecule has 1 saturated carbocycles. The molecule has 4 N–H and O–H groups in total. The Kier molecular flexibility index (Phi) is 7.70. The van der Waals surface area contributed by atoms with Crippen molar-refractivity contribution in [1.29, 1.82) is 0 Å². The van der Waals surface area contributed by atoms with Crippen molar-refractivity contribution >= 4 is 5.91 Å². The van der Waals surface area contributed by atoms with E-state index in [1.807, 2.05) is 18.2 Å². The predicted octanol–water partition coefficient (Wildman–Crippen LogP) is 4.61. The molecule has 1 aliphatic carbocycles. The van der Waals surface area contributed by atoms with E-state index in [1.165, 1.54) is 23.1 Å². The van der Waals surface area contributed by atoms with Crippen LogP contribution in [0.25, 0.3) is 11.1 Å². The highest BCUT2D eigenvalue weighted by Crippen LogP contribution is 2.40. The molecule has 0 radical (unpaired) electrons. The van der Waals surface area contributed by atoms with E-state index in [0.29, 0.717) is 24.9 Å². The lowest BCUT2D eigenvalue weighted by atomic mass is 10.0. The summed E-state index contributed by atoms with van der Waals surface area (Å²) in [6.07, 6.45) is 3.93. The van der Waals surface area contributed by atoms with Crippen LogP contribution in [0.15, 0.2) is 84.9 Å². The number of nitrogens with one attached hydrogen (secondary N) is 2. The lowest BCUT2D eigenvalue weighted by molar-refractivity contribution is -0.122. The molecule has 1 aliphatic rings. The zero-order valence-electron chi connectivity index (χ0n) is 18.5. The van der Waals surface area contributed by atoms with E-state index in [4.69, 9.17) is 5.73 Å². The first-order chi connectivity index (χ1) is 15.7. The minimum atomic E-state index is -0.448. The van der Waals surface area contributed by atoms with Gasteiger partial charge in [0, 0.05) is 18.5 Å². The summed E-state index contributed by atoms with van der Waals surface area (Å²) < 4.78 is 0. The minimum absolute atomic E-state index is 0.0728. The predicted molar refractivity (Wildman–Crippen MR) is 131 cm³/mol. The maximum absolute atomic E-state index is 12.3. The molecule has 4 heteroatoms. The summed E-state index contributed by atoms with van der Waals surface area (Å²) in [5.41, 5.74) is 11.0. The quantitative estimate of drug-likeness (QED) is 0.391. The highest BCUT2D eigenvalue weighted by Gasteiger charge is 2.37. The largest absolute Gasteiger partial charge is 0.351 e. The number of hydrogen-bond donors (Lipinski definition) is 3. The van der Waals surface area contributed by atoms with Gasteiger partial charge in [-0.15, -0.1) is 0 Å². The number of amides is 1. The van der Waals surface area contributed by atoms with Gasteiger partial charge in [0.25, 0.3) is 0 Å². The first-order valence-corrected chi connectivity index (χ1v) is 11.7. The fourth-order valence-corrected chi connectivity index (χ4v) is 4.16. The summed E-state index contributed by atoms with van der Waals surface area (Å²) in [4.78, 5) is 12.3. The van der Waals surface area contributed by atoms with Gasteiger partial charge in [-0.05, 0) is 48.1 Å². The van der Waals surface area contributed by atoms with E-state index in [1.54, 1.807) is 0 Å². The normalized spacial score (nSPS) is 18.2. The van der Waals surface area contributed by atoms with Crippen LogP contribution in [-0.4, -0.2) is 24.5 Å². The van der Waals surface area contributed by atoms with E-state index in [-0.39, 0.29) is 5.91 Å². The second-order valence-electron chi connectivity index (χ2n) is 8.70. The molecule has 1 unspecified atom stereocenters. The van der Waals surface area contributed by atoms with Crippen molar-refractivity contribution in [2.24, 2.45) is 5.73 Å². The van der Waals surface area contributed by atoms with Gasteiger partial charge >= 0.3 is 0 Å². The Morgan fingerprint density at radius 1 is 0.875 bits per heavy atom. The van der Waals surface area contributed by atoms with Crippen molar-refractivity contribution < 1.29 is 4.79 Å². The zero-order chi connectivity index (χ0) is 22.2. The molecule has 0 aliphatic heterocycles. The van der Waals surface area contributed by atoms with Gasteiger partial charge < -0.3 is 16.4 Å². The molecular formula is C28H33N3O. The number of hydrogen-bond acceptors (Lipinski definition) is 3. The Bertz CT molecular complexity index is 973. The van der Waals surface area contributed by atoms with Gasteiger partial charge in [0.1, 0.15) is 0 Å². The highest BCUT2D eigenvalue weighted by molar-refractivity contribution is 5.81. The molecule has 32 heavy (non-hydrogen) atoms. The van der Waals surface area contributed by atoms with Gasteiger partial charge in [0.2, 0.25) is 5.91 Å². The van der Waals surface area contributed by atoms with Crippen LogP contribution in [0.1, 0.15) is 42.7 Å². The van der Waals surface area contributed by atoms with Crippen LogP contribution in [0.3, 0.4) is 0 Å². The zero-order valence-corrected chi connectivity index (χ0v) is 18.5. The summed E-state index contributed by atoms with van der Waals surface area (Å²) in [5.74, 6) is 0.586. The fourth-order valence-electron chi connectivity index (χ4n) is 4.16. The molecule has 1 fully saturated rings. The van der Waals surface area contributed by atoms with E-state index in [2.05, 4.69) is 77.4 Å². The molecule has 3 atom stereocenters. The number of unbranched alkanes of at least 4 members (excludes halogenated alkanes) is 1. The van der Waals surface area contributed by atoms with Crippen LogP contribution in [-0.2, 0) is 11.3 Å². The molecule has 4 rings (SSSR count). The summed E-state index contributed by atoms with van der Waals surface area (Å²) in [6.45, 7) is 1.49. The molecule has 0 heterocycles. The van der Waals surface area contributed by atoms with Crippen LogP contribution >= 0.6 is 0 Å². The van der Waals surface area contributed by atoms with E-state index in [0.717, 1.165) is 24.9 Å². The van der Waals surface area contributed by atoms with Crippen molar-refractivity contribution in [3.8, 4) is 11.1 Å². The molecule has 3 aromatic carbocycles. The molecule has 0 saturated heterocycles. The monoisotopic (exact) mass is 427 g/mol. The smallest absolute Gasteiger partial charge is 0.237 e. The number of nitrogens with two attached hydrogens (primary N) is 1. The first-order valence-electron chi connectivity index (χ1n) is 11.7. The number of benzene rings is 3. The fraction of sp³-hybridized carbons (Fsp3) is 0.321. The van der Waals surface area contributed by atoms with E-state index < -0.39 is 6.04 Å². The third kappa shape index (κ3) is 6.28. The molecule has 0 aromatic heterocycles. The van der Waals surface area contributed by atoms with Crippen LogP contribution in [0, 0.1) is 0 Å². The second kappa shape index (κ2) is 11.1. The topological polar surface area (TPSA) is 67.1 Å². The number of carbonyl (C=O) groups excluding carboxylic acids is 1. The van der Waals surface area contributed by atoms with Crippen LogP contribution in [0.2, 0.25) is 0 Å². The van der Waals surface area contributed by atoms with Gasteiger partial charge in [0.05, 0.1) is 6.04 Å². The Morgan fingerprint density at radius 2 is 1.53 bits per heavy atom. The van der Waals surface area contributed by atoms with Crippen LogP contribution in [0.4, 0.5) is 0 Å². The third-order valence-electron chi connectivity index (χ3n) is 6.23. The van der Waals surface area contributed by atoms with Gasteiger partial charge in [-0.2, -0.15) is 0 Å². The molecular weight excluding hydrogens is 394 g/mol. The summed E-state index contributed by atoms with van der Waals surface area (Å²) in [7, 11) is 0. The van der Waals surface area contributed by atoms with E-state index in [9.17, 15) is 4.79 Å². The molecule has 0 spiro atoms. The SMILES string of the molecule is NC(CCCCN[C@@H]1C[C@H]1c1ccccc1)C(=O)NCc1ccc(-c2ccccc2)cc1. The summed E-state index contributed by atoms with van der Waals surface area (Å²) in [5, 5.41) is 6.60. The summed E-state index contributed by atoms with van der Waals surface area (Å²) >= 11 is 0. The summed E-state index contributed by atoms with van der Waals surface area (Å²) in [6, 6.07) is 29.4. The van der Waals surface area contributed by atoms with Crippen molar-refractivity contribution in [2.45, 2.75) is 50.2 Å². The number of carbonyl (C=O) groups is 1. The van der Waals surface area contributed by atoms with Crippen molar-refractivity contribution in [2.75, 3.05) is 6.54 Å². The van der Waals surface area contributed by atoms with Gasteiger partial charge in [-0.25, -0.2) is 0 Å². The van der Waals surface area contributed by atoms with E-state index >= 15 is 0 Å². The maximum Gasteiger partial charge on any atom is 0.237 e. The minimum Gasteiger partial charge on any atom is -0.351 e. The average Bonchev–Trinajstić information content (AvgIpc) is 3.63. The molecule has 1 amide bonds. The Morgan fingerprint density at radius 3 is 2.25 bits per heavy atom. The highest BCUT2D eigenvalue weighted by atomic mass is 16.2. The van der Waals surface area contributed by atoms with Gasteiger partial charge in [-0.3, -0.25) is 4.79 Å². The standard InChI is InChI=1S/C28H33N3O/c29-26(13-7-8-18-30-27-19-25(27)24-11-5-2-6-12-24)28(32)31-20-21-14-16-23(17-15-21)22-9-3-1-4-10-22/h1-6,9-12,14-17,25-27,30H,7-8,13,18-20,29H2,(H,31,32)/t25-,26?,27+/m0/s1. The first kappa shape index (κ1) is 22.3.